The molecule has 7 heteroatoms. The Morgan fingerprint density at radius 3 is 2.79 bits per heavy atom. The molecule has 0 spiro atoms. The summed E-state index contributed by atoms with van der Waals surface area (Å²) in [5.74, 6) is -1.63. The molecule has 0 saturated heterocycles. The first-order chi connectivity index (χ1) is 9.10. The Morgan fingerprint density at radius 1 is 1.26 bits per heavy atom. The van der Waals surface area contributed by atoms with Gasteiger partial charge in [-0.05, 0) is 19.1 Å². The monoisotopic (exact) mass is 329 g/mol. The number of halogens is 3. The zero-order valence-electron chi connectivity index (χ0n) is 9.95. The largest absolute Gasteiger partial charge is 0.436 e. The lowest BCUT2D eigenvalue weighted by Gasteiger charge is -2.08. The molecule has 19 heavy (non-hydrogen) atoms. The van der Waals surface area contributed by atoms with Crippen LogP contribution in [0.15, 0.2) is 29.0 Å². The normalized spacial score (nSPS) is 10.3. The molecule has 1 heterocycles. The van der Waals surface area contributed by atoms with Gasteiger partial charge in [-0.3, -0.25) is 0 Å². The zero-order chi connectivity index (χ0) is 13.8. The van der Waals surface area contributed by atoms with E-state index < -0.39 is 11.6 Å². The average Bonchev–Trinajstić information content (AvgIpc) is 2.36. The van der Waals surface area contributed by atoms with Crippen molar-refractivity contribution in [2.75, 3.05) is 11.9 Å². The standard InChI is InChI=1S/C12H10BrF2N3O/c1-2-16-10-5-11(18-6-17-10)19-9-4-7(13)3-8(14)12(9)15/h3-6H,2H2,1H3,(H,16,17,18). The smallest absolute Gasteiger partial charge is 0.224 e. The number of hydrogen-bond acceptors (Lipinski definition) is 4. The predicted octanol–water partition coefficient (Wildman–Crippen LogP) is 3.74. The molecule has 0 atom stereocenters. The van der Waals surface area contributed by atoms with Gasteiger partial charge >= 0.3 is 0 Å². The van der Waals surface area contributed by atoms with Crippen molar-refractivity contribution in [3.8, 4) is 11.6 Å². The summed E-state index contributed by atoms with van der Waals surface area (Å²) >= 11 is 3.07. The van der Waals surface area contributed by atoms with Crippen molar-refractivity contribution in [2.45, 2.75) is 6.92 Å². The number of benzene rings is 1. The first kappa shape index (κ1) is 13.7. The molecule has 0 aliphatic heterocycles. The molecule has 0 amide bonds. The lowest BCUT2D eigenvalue weighted by Crippen LogP contribution is -2.00. The van der Waals surface area contributed by atoms with Crippen LogP contribution in [0.25, 0.3) is 0 Å². The summed E-state index contributed by atoms with van der Waals surface area (Å²) in [5.41, 5.74) is 0. The highest BCUT2D eigenvalue weighted by molar-refractivity contribution is 9.10. The maximum atomic E-state index is 13.5. The minimum Gasteiger partial charge on any atom is -0.436 e. The average molecular weight is 330 g/mol. The van der Waals surface area contributed by atoms with Crippen molar-refractivity contribution in [2.24, 2.45) is 0 Å². The lowest BCUT2D eigenvalue weighted by atomic mass is 10.3. The van der Waals surface area contributed by atoms with Crippen LogP contribution in [0.3, 0.4) is 0 Å². The zero-order valence-corrected chi connectivity index (χ0v) is 11.5. The second kappa shape index (κ2) is 5.92. The van der Waals surface area contributed by atoms with Gasteiger partial charge in [0.15, 0.2) is 11.6 Å². The van der Waals surface area contributed by atoms with Gasteiger partial charge in [0, 0.05) is 17.1 Å². The van der Waals surface area contributed by atoms with Crippen molar-refractivity contribution in [3.63, 3.8) is 0 Å². The Morgan fingerprint density at radius 2 is 2.05 bits per heavy atom. The van der Waals surface area contributed by atoms with E-state index in [0.717, 1.165) is 6.07 Å². The van der Waals surface area contributed by atoms with Crippen molar-refractivity contribution >= 4 is 21.7 Å². The van der Waals surface area contributed by atoms with Crippen LogP contribution in [0, 0.1) is 11.6 Å². The van der Waals surface area contributed by atoms with E-state index >= 15 is 0 Å². The van der Waals surface area contributed by atoms with Crippen LogP contribution in [0.2, 0.25) is 0 Å². The molecule has 100 valence electrons. The van der Waals surface area contributed by atoms with E-state index in [0.29, 0.717) is 16.8 Å². The Bertz CT molecular complexity index is 595. The molecule has 4 nitrogen and oxygen atoms in total. The van der Waals surface area contributed by atoms with Crippen LogP contribution in [0.5, 0.6) is 11.6 Å². The predicted molar refractivity (Wildman–Crippen MR) is 70.3 cm³/mol. The number of hydrogen-bond donors (Lipinski definition) is 1. The van der Waals surface area contributed by atoms with Gasteiger partial charge in [-0.25, -0.2) is 14.4 Å². The summed E-state index contributed by atoms with van der Waals surface area (Å²) in [5, 5.41) is 2.96. The molecular formula is C12H10BrF2N3O. The van der Waals surface area contributed by atoms with Crippen molar-refractivity contribution in [3.05, 3.63) is 40.6 Å². The molecule has 2 rings (SSSR count). The van der Waals surface area contributed by atoms with E-state index in [1.54, 1.807) is 0 Å². The third-order valence-electron chi connectivity index (χ3n) is 2.17. The molecule has 0 unspecified atom stereocenters. The van der Waals surface area contributed by atoms with Gasteiger partial charge in [0.1, 0.15) is 12.1 Å². The first-order valence-electron chi connectivity index (χ1n) is 5.48. The van der Waals surface area contributed by atoms with E-state index in [1.165, 1.54) is 18.5 Å². The topological polar surface area (TPSA) is 47.0 Å². The summed E-state index contributed by atoms with van der Waals surface area (Å²) in [7, 11) is 0. The molecule has 1 aromatic carbocycles. The van der Waals surface area contributed by atoms with Gasteiger partial charge in [0.05, 0.1) is 0 Å². The Hall–Kier alpha value is -1.76. The van der Waals surface area contributed by atoms with Crippen LogP contribution in [0.4, 0.5) is 14.6 Å². The fraction of sp³-hybridized carbons (Fsp3) is 0.167. The number of aromatic nitrogens is 2. The molecule has 2 aromatic rings. The number of nitrogens with zero attached hydrogens (tertiary/aromatic N) is 2. The van der Waals surface area contributed by atoms with Crippen LogP contribution < -0.4 is 10.1 Å². The van der Waals surface area contributed by atoms with E-state index in [-0.39, 0.29) is 11.6 Å². The highest BCUT2D eigenvalue weighted by Crippen LogP contribution is 2.29. The lowest BCUT2D eigenvalue weighted by molar-refractivity contribution is 0.404. The van der Waals surface area contributed by atoms with Gasteiger partial charge < -0.3 is 10.1 Å². The molecule has 0 fully saturated rings. The van der Waals surface area contributed by atoms with Gasteiger partial charge in [-0.2, -0.15) is 4.39 Å². The van der Waals surface area contributed by atoms with Crippen molar-refractivity contribution < 1.29 is 13.5 Å². The summed E-state index contributed by atoms with van der Waals surface area (Å²) in [6.07, 6.45) is 1.28. The molecule has 0 radical (unpaired) electrons. The van der Waals surface area contributed by atoms with Gasteiger partial charge in [-0.15, -0.1) is 0 Å². The number of anilines is 1. The second-order valence-corrected chi connectivity index (χ2v) is 4.49. The molecule has 0 bridgehead atoms. The maximum Gasteiger partial charge on any atom is 0.224 e. The number of ether oxygens (including phenoxy) is 1. The summed E-state index contributed by atoms with van der Waals surface area (Å²) in [4.78, 5) is 7.79. The fourth-order valence-electron chi connectivity index (χ4n) is 1.39. The van der Waals surface area contributed by atoms with Gasteiger partial charge in [0.25, 0.3) is 0 Å². The van der Waals surface area contributed by atoms with Crippen LogP contribution in [-0.2, 0) is 0 Å². The van der Waals surface area contributed by atoms with E-state index in [4.69, 9.17) is 4.74 Å². The molecule has 0 aliphatic rings. The second-order valence-electron chi connectivity index (χ2n) is 3.57. The number of nitrogens with one attached hydrogen (secondary N) is 1. The van der Waals surface area contributed by atoms with E-state index in [9.17, 15) is 8.78 Å². The van der Waals surface area contributed by atoms with Crippen molar-refractivity contribution in [1.29, 1.82) is 0 Å². The van der Waals surface area contributed by atoms with Crippen LogP contribution in [0.1, 0.15) is 6.92 Å². The quantitative estimate of drug-likeness (QED) is 0.868. The summed E-state index contributed by atoms with van der Waals surface area (Å²) in [6, 6.07) is 3.85. The fourth-order valence-corrected chi connectivity index (χ4v) is 1.80. The molecular weight excluding hydrogens is 320 g/mol. The summed E-state index contributed by atoms with van der Waals surface area (Å²) < 4.78 is 32.3. The van der Waals surface area contributed by atoms with Crippen molar-refractivity contribution in [1.82, 2.24) is 9.97 Å². The van der Waals surface area contributed by atoms with E-state index in [2.05, 4.69) is 31.2 Å². The third-order valence-corrected chi connectivity index (χ3v) is 2.63. The minimum atomic E-state index is -1.06. The third kappa shape index (κ3) is 3.37. The minimum absolute atomic E-state index is 0.127. The molecule has 0 saturated carbocycles. The summed E-state index contributed by atoms with van der Waals surface area (Å²) in [6.45, 7) is 2.59. The SMILES string of the molecule is CCNc1cc(Oc2cc(Br)cc(F)c2F)ncn1. The highest BCUT2D eigenvalue weighted by atomic mass is 79.9. The van der Waals surface area contributed by atoms with Gasteiger partial charge in [-0.1, -0.05) is 15.9 Å². The molecule has 0 aliphatic carbocycles. The molecule has 1 N–H and O–H groups in total. The number of rotatable bonds is 4. The Balaban J connectivity index is 2.28. The van der Waals surface area contributed by atoms with Gasteiger partial charge in [0.2, 0.25) is 11.7 Å². The first-order valence-corrected chi connectivity index (χ1v) is 6.27. The Labute approximate surface area is 117 Å². The van der Waals surface area contributed by atoms with Crippen LogP contribution >= 0.6 is 15.9 Å². The Kier molecular flexibility index (Phi) is 4.26. The maximum absolute atomic E-state index is 13.5. The molecule has 1 aromatic heterocycles. The van der Waals surface area contributed by atoms with E-state index in [1.807, 2.05) is 6.92 Å². The van der Waals surface area contributed by atoms with Crippen LogP contribution in [-0.4, -0.2) is 16.5 Å². The highest BCUT2D eigenvalue weighted by Gasteiger charge is 2.13.